The number of hydrogen-bond donors (Lipinski definition) is 1. The molecule has 4 rings (SSSR count). The molecule has 144 valence electrons. The molecule has 28 heavy (non-hydrogen) atoms. The lowest BCUT2D eigenvalue weighted by atomic mass is 9.93. The number of anilines is 1. The second-order valence-corrected chi connectivity index (χ2v) is 8.72. The number of nitrogens with one attached hydrogen (secondary N) is 1. The molecule has 1 aliphatic heterocycles. The van der Waals surface area contributed by atoms with Crippen molar-refractivity contribution in [2.75, 3.05) is 18.4 Å². The molecule has 0 bridgehead atoms. The van der Waals surface area contributed by atoms with Crippen molar-refractivity contribution < 1.29 is 4.79 Å². The fourth-order valence-electron chi connectivity index (χ4n) is 3.70. The minimum atomic E-state index is -0.117. The van der Waals surface area contributed by atoms with E-state index in [4.69, 9.17) is 23.2 Å². The van der Waals surface area contributed by atoms with Gasteiger partial charge in [0.25, 0.3) is 0 Å². The summed E-state index contributed by atoms with van der Waals surface area (Å²) in [7, 11) is 0. The summed E-state index contributed by atoms with van der Waals surface area (Å²) in [5, 5.41) is 5.98. The van der Waals surface area contributed by atoms with Gasteiger partial charge in [0.15, 0.2) is 0 Å². The van der Waals surface area contributed by atoms with Crippen molar-refractivity contribution >= 4 is 46.1 Å². The van der Waals surface area contributed by atoms with Gasteiger partial charge in [-0.3, -0.25) is 9.69 Å². The van der Waals surface area contributed by atoms with Crippen LogP contribution in [0.4, 0.5) is 5.69 Å². The Balaban J connectivity index is 1.58. The van der Waals surface area contributed by atoms with Gasteiger partial charge in [-0.2, -0.15) is 0 Å². The highest BCUT2D eigenvalue weighted by Gasteiger charge is 2.30. The molecule has 1 N–H and O–H groups in total. The molecule has 1 atom stereocenters. The van der Waals surface area contributed by atoms with Gasteiger partial charge in [-0.05, 0) is 47.5 Å². The van der Waals surface area contributed by atoms with Gasteiger partial charge in [0.05, 0.1) is 28.3 Å². The van der Waals surface area contributed by atoms with Crippen LogP contribution in [0.2, 0.25) is 10.0 Å². The van der Waals surface area contributed by atoms with Crippen LogP contribution in [0, 0.1) is 6.92 Å². The number of carbonyl (C=O) groups is 1. The Morgan fingerprint density at radius 1 is 1.18 bits per heavy atom. The minimum absolute atomic E-state index is 0.0744. The van der Waals surface area contributed by atoms with Crippen LogP contribution in [0.3, 0.4) is 0 Å². The molecule has 0 unspecified atom stereocenters. The predicted molar refractivity (Wildman–Crippen MR) is 118 cm³/mol. The lowest BCUT2D eigenvalue weighted by Crippen LogP contribution is -2.40. The zero-order valence-corrected chi connectivity index (χ0v) is 17.7. The number of hydrogen-bond acceptors (Lipinski definition) is 3. The fourth-order valence-corrected chi connectivity index (χ4v) is 5.07. The number of carbonyl (C=O) groups excluding carboxylic acids is 1. The van der Waals surface area contributed by atoms with E-state index in [2.05, 4.69) is 33.8 Å². The van der Waals surface area contributed by atoms with Gasteiger partial charge in [0.2, 0.25) is 5.91 Å². The molecule has 6 heteroatoms. The predicted octanol–water partition coefficient (Wildman–Crippen LogP) is 5.95. The molecular weight excluding hydrogens is 411 g/mol. The highest BCUT2D eigenvalue weighted by molar-refractivity contribution is 7.10. The first-order valence-electron chi connectivity index (χ1n) is 9.14. The second-order valence-electron chi connectivity index (χ2n) is 6.93. The number of thiophene rings is 1. The van der Waals surface area contributed by atoms with E-state index in [1.807, 2.05) is 31.2 Å². The van der Waals surface area contributed by atoms with E-state index >= 15 is 0 Å². The third kappa shape index (κ3) is 3.83. The Hall–Kier alpha value is -1.85. The van der Waals surface area contributed by atoms with Gasteiger partial charge in [-0.25, -0.2) is 0 Å². The van der Waals surface area contributed by atoms with E-state index in [1.54, 1.807) is 17.4 Å². The van der Waals surface area contributed by atoms with Crippen LogP contribution in [-0.2, 0) is 11.2 Å². The number of benzene rings is 2. The Labute approximate surface area is 178 Å². The maximum absolute atomic E-state index is 12.9. The van der Waals surface area contributed by atoms with E-state index in [0.717, 1.165) is 18.5 Å². The lowest BCUT2D eigenvalue weighted by Gasteiger charge is -2.35. The molecule has 3 nitrogen and oxygen atoms in total. The molecular formula is C22H20Cl2N2OS. The minimum Gasteiger partial charge on any atom is -0.322 e. The third-order valence-corrected chi connectivity index (χ3v) is 6.87. The fraction of sp³-hybridized carbons (Fsp3) is 0.227. The SMILES string of the molecule is Cc1ccc(Cl)c(NC(=O)CN2CCc3sccc3[C@H]2c2ccccc2)c1Cl. The number of rotatable bonds is 4. The van der Waals surface area contributed by atoms with Crippen molar-refractivity contribution in [1.82, 2.24) is 4.90 Å². The van der Waals surface area contributed by atoms with E-state index in [-0.39, 0.29) is 18.5 Å². The quantitative estimate of drug-likeness (QED) is 0.554. The first kappa shape index (κ1) is 19.5. The monoisotopic (exact) mass is 430 g/mol. The van der Waals surface area contributed by atoms with E-state index in [0.29, 0.717) is 15.7 Å². The van der Waals surface area contributed by atoms with Gasteiger partial charge in [0.1, 0.15) is 0 Å². The molecule has 2 heterocycles. The van der Waals surface area contributed by atoms with Gasteiger partial charge in [-0.15, -0.1) is 11.3 Å². The summed E-state index contributed by atoms with van der Waals surface area (Å²) in [6, 6.07) is 16.2. The van der Waals surface area contributed by atoms with Gasteiger partial charge in [-0.1, -0.05) is 59.6 Å². The van der Waals surface area contributed by atoms with Crippen LogP contribution >= 0.6 is 34.5 Å². The molecule has 0 saturated heterocycles. The first-order valence-corrected chi connectivity index (χ1v) is 10.8. The molecule has 1 aromatic heterocycles. The summed E-state index contributed by atoms with van der Waals surface area (Å²) in [6.45, 7) is 2.99. The van der Waals surface area contributed by atoms with Gasteiger partial charge in [0, 0.05) is 11.4 Å². The Kier molecular flexibility index (Phi) is 5.74. The number of amides is 1. The highest BCUT2D eigenvalue weighted by atomic mass is 35.5. The Morgan fingerprint density at radius 3 is 2.75 bits per heavy atom. The van der Waals surface area contributed by atoms with Crippen molar-refractivity contribution in [3.63, 3.8) is 0 Å². The topological polar surface area (TPSA) is 32.3 Å². The Bertz CT molecular complexity index is 1000. The standard InChI is InChI=1S/C22H20Cl2N2OS/c1-14-7-8-17(23)21(20(14)24)25-19(27)13-26-11-9-18-16(10-12-28-18)22(26)15-5-3-2-4-6-15/h2-8,10,12,22H,9,11,13H2,1H3,(H,25,27)/t22-/m1/s1. The second kappa shape index (κ2) is 8.26. The summed E-state index contributed by atoms with van der Waals surface area (Å²) in [5.41, 5.74) is 3.85. The summed E-state index contributed by atoms with van der Waals surface area (Å²) >= 11 is 14.4. The number of fused-ring (bicyclic) bond motifs is 1. The van der Waals surface area contributed by atoms with Crippen molar-refractivity contribution in [1.29, 1.82) is 0 Å². The van der Waals surface area contributed by atoms with Crippen LogP contribution in [-0.4, -0.2) is 23.9 Å². The van der Waals surface area contributed by atoms with Crippen LogP contribution in [0.15, 0.2) is 53.9 Å². The Morgan fingerprint density at radius 2 is 1.96 bits per heavy atom. The molecule has 2 aromatic carbocycles. The highest BCUT2D eigenvalue weighted by Crippen LogP contribution is 2.38. The maximum atomic E-state index is 12.9. The van der Waals surface area contributed by atoms with Gasteiger partial charge < -0.3 is 5.32 Å². The lowest BCUT2D eigenvalue weighted by molar-refractivity contribution is -0.117. The normalized spacial score (nSPS) is 16.6. The largest absolute Gasteiger partial charge is 0.322 e. The molecule has 1 aliphatic rings. The summed E-state index contributed by atoms with van der Waals surface area (Å²) in [4.78, 5) is 16.5. The van der Waals surface area contributed by atoms with E-state index < -0.39 is 0 Å². The molecule has 0 aliphatic carbocycles. The van der Waals surface area contributed by atoms with Gasteiger partial charge >= 0.3 is 0 Å². The molecule has 0 fully saturated rings. The molecule has 0 spiro atoms. The summed E-state index contributed by atoms with van der Waals surface area (Å²) in [6.07, 6.45) is 0.954. The van der Waals surface area contributed by atoms with Crippen LogP contribution in [0.5, 0.6) is 0 Å². The number of halogens is 2. The van der Waals surface area contributed by atoms with Crippen LogP contribution in [0.1, 0.15) is 27.6 Å². The maximum Gasteiger partial charge on any atom is 0.238 e. The first-order chi connectivity index (χ1) is 13.5. The molecule has 1 amide bonds. The van der Waals surface area contributed by atoms with Crippen molar-refractivity contribution in [3.05, 3.63) is 85.5 Å². The third-order valence-electron chi connectivity index (χ3n) is 5.08. The number of nitrogens with zero attached hydrogens (tertiary/aromatic N) is 1. The summed E-state index contributed by atoms with van der Waals surface area (Å²) < 4.78 is 0. The van der Waals surface area contributed by atoms with E-state index in [1.165, 1.54) is 16.0 Å². The molecule has 3 aromatic rings. The summed E-state index contributed by atoms with van der Waals surface area (Å²) in [5.74, 6) is -0.117. The van der Waals surface area contributed by atoms with Crippen molar-refractivity contribution in [2.45, 2.75) is 19.4 Å². The van der Waals surface area contributed by atoms with E-state index in [9.17, 15) is 4.79 Å². The zero-order valence-electron chi connectivity index (χ0n) is 15.4. The van der Waals surface area contributed by atoms with Crippen LogP contribution in [0.25, 0.3) is 0 Å². The number of aryl methyl sites for hydroxylation is 1. The van der Waals surface area contributed by atoms with Crippen molar-refractivity contribution in [3.8, 4) is 0 Å². The average molecular weight is 431 g/mol. The average Bonchev–Trinajstić information content (AvgIpc) is 3.17. The van der Waals surface area contributed by atoms with Crippen molar-refractivity contribution in [2.24, 2.45) is 0 Å². The van der Waals surface area contributed by atoms with Crippen LogP contribution < -0.4 is 5.32 Å². The zero-order chi connectivity index (χ0) is 19.7. The molecule has 0 saturated carbocycles. The molecule has 0 radical (unpaired) electrons. The smallest absolute Gasteiger partial charge is 0.238 e.